The van der Waals surface area contributed by atoms with Crippen molar-refractivity contribution < 1.29 is 37.9 Å². The highest BCUT2D eigenvalue weighted by molar-refractivity contribution is 6.84. The molecule has 0 spiro atoms. The van der Waals surface area contributed by atoms with Crippen LogP contribution in [0.5, 0.6) is 0 Å². The Hall–Kier alpha value is -3.03. The second-order valence-electron chi connectivity index (χ2n) is 10.6. The second-order valence-corrected chi connectivity index (χ2v) is 19.7. The SMILES string of the molecule is CC(N)C(=O)NC(CC(=O)O)C(=O)NCC(=O)NC(CCCN=C(N)N)C(=O)OCC[Si](C)(C)O[Si](C)(C)C. The Balaban J connectivity index is 5.17. The minimum Gasteiger partial charge on any atom is -0.481 e. The Labute approximate surface area is 231 Å². The molecule has 39 heavy (non-hydrogen) atoms. The highest BCUT2D eigenvalue weighted by Gasteiger charge is 2.31. The predicted octanol–water partition coefficient (Wildman–Crippen LogP) is -1.45. The first-order valence-electron chi connectivity index (χ1n) is 12.6. The number of carboxylic acid groups (broad SMARTS) is 1. The van der Waals surface area contributed by atoms with Crippen molar-refractivity contribution in [3.8, 4) is 0 Å². The first-order chi connectivity index (χ1) is 17.8. The zero-order valence-corrected chi connectivity index (χ0v) is 25.7. The van der Waals surface area contributed by atoms with Crippen LogP contribution in [0.4, 0.5) is 0 Å². The second kappa shape index (κ2) is 16.8. The van der Waals surface area contributed by atoms with E-state index in [0.717, 1.165) is 0 Å². The number of carbonyl (C=O) groups is 5. The number of guanidine groups is 1. The molecule has 0 rings (SSSR count). The van der Waals surface area contributed by atoms with E-state index in [1.54, 1.807) is 0 Å². The van der Waals surface area contributed by atoms with Crippen molar-refractivity contribution in [2.45, 2.75) is 83.1 Å². The van der Waals surface area contributed by atoms with Gasteiger partial charge in [-0.05, 0) is 58.5 Å². The van der Waals surface area contributed by atoms with Crippen molar-refractivity contribution in [2.75, 3.05) is 19.7 Å². The van der Waals surface area contributed by atoms with Crippen LogP contribution < -0.4 is 33.2 Å². The highest BCUT2D eigenvalue weighted by Crippen LogP contribution is 2.18. The molecule has 0 heterocycles. The lowest BCUT2D eigenvalue weighted by atomic mass is 10.1. The van der Waals surface area contributed by atoms with Crippen molar-refractivity contribution in [3.63, 3.8) is 0 Å². The van der Waals surface area contributed by atoms with Gasteiger partial charge in [0.1, 0.15) is 12.1 Å². The average molecular weight is 592 g/mol. The van der Waals surface area contributed by atoms with Gasteiger partial charge < -0.3 is 47.1 Å². The largest absolute Gasteiger partial charge is 0.481 e. The Morgan fingerprint density at radius 1 is 0.974 bits per heavy atom. The molecule has 3 atom stereocenters. The molecule has 17 heteroatoms. The number of rotatable bonds is 18. The van der Waals surface area contributed by atoms with Gasteiger partial charge in [-0.1, -0.05) is 0 Å². The van der Waals surface area contributed by atoms with Gasteiger partial charge >= 0.3 is 11.9 Å². The van der Waals surface area contributed by atoms with Crippen molar-refractivity contribution in [1.82, 2.24) is 16.0 Å². The Bertz CT molecular complexity index is 890. The van der Waals surface area contributed by atoms with Crippen LogP contribution in [-0.2, 0) is 32.8 Å². The van der Waals surface area contributed by atoms with E-state index >= 15 is 0 Å². The lowest BCUT2D eigenvalue weighted by Gasteiger charge is -2.31. The third-order valence-corrected chi connectivity index (χ3v) is 11.0. The Morgan fingerprint density at radius 2 is 1.59 bits per heavy atom. The van der Waals surface area contributed by atoms with E-state index < -0.39 is 77.4 Å². The molecule has 0 aliphatic heterocycles. The zero-order valence-electron chi connectivity index (χ0n) is 23.7. The number of nitrogens with zero attached hydrogens (tertiary/aromatic N) is 1. The fourth-order valence-corrected chi connectivity index (χ4v) is 11.0. The summed E-state index contributed by atoms with van der Waals surface area (Å²) in [5, 5.41) is 16.0. The van der Waals surface area contributed by atoms with Gasteiger partial charge in [-0.25, -0.2) is 4.79 Å². The fourth-order valence-electron chi connectivity index (χ4n) is 3.35. The molecule has 0 radical (unpaired) electrons. The van der Waals surface area contributed by atoms with E-state index in [4.69, 9.17) is 31.2 Å². The van der Waals surface area contributed by atoms with Crippen molar-refractivity contribution in [2.24, 2.45) is 22.2 Å². The minimum absolute atomic E-state index is 0.109. The summed E-state index contributed by atoms with van der Waals surface area (Å²) in [6.45, 7) is 11.5. The average Bonchev–Trinajstić information content (AvgIpc) is 2.76. The number of nitrogens with one attached hydrogen (secondary N) is 3. The summed E-state index contributed by atoms with van der Waals surface area (Å²) in [5.74, 6) is -4.47. The van der Waals surface area contributed by atoms with Gasteiger partial charge in [0.2, 0.25) is 17.7 Å². The maximum absolute atomic E-state index is 12.8. The maximum atomic E-state index is 12.8. The van der Waals surface area contributed by atoms with Gasteiger partial charge in [0, 0.05) is 6.54 Å². The van der Waals surface area contributed by atoms with Crippen LogP contribution in [0.2, 0.25) is 38.8 Å². The van der Waals surface area contributed by atoms with Crippen LogP contribution in [0, 0.1) is 0 Å². The summed E-state index contributed by atoms with van der Waals surface area (Å²) in [7, 11) is -3.82. The number of nitrogens with two attached hydrogens (primary N) is 3. The minimum atomic E-state index is -2.06. The smallest absolute Gasteiger partial charge is 0.328 e. The molecule has 224 valence electrons. The van der Waals surface area contributed by atoms with E-state index in [0.29, 0.717) is 12.5 Å². The predicted molar refractivity (Wildman–Crippen MR) is 150 cm³/mol. The van der Waals surface area contributed by atoms with Gasteiger partial charge in [0.15, 0.2) is 22.6 Å². The first kappa shape index (κ1) is 36.0. The molecule has 10 N–H and O–H groups in total. The maximum Gasteiger partial charge on any atom is 0.328 e. The van der Waals surface area contributed by atoms with Crippen LogP contribution in [-0.4, -0.2) is 95.2 Å². The monoisotopic (exact) mass is 591 g/mol. The molecule has 0 aromatic rings. The van der Waals surface area contributed by atoms with E-state index in [-0.39, 0.29) is 25.5 Å². The number of esters is 1. The third kappa shape index (κ3) is 18.0. The highest BCUT2D eigenvalue weighted by atomic mass is 28.4. The molecule has 0 bridgehead atoms. The number of ether oxygens (including phenoxy) is 1. The third-order valence-electron chi connectivity index (χ3n) is 4.94. The number of carboxylic acids is 1. The molecule has 0 saturated heterocycles. The van der Waals surface area contributed by atoms with Crippen molar-refractivity contribution in [3.05, 3.63) is 0 Å². The fraction of sp³-hybridized carbons (Fsp3) is 0.727. The molecule has 0 fully saturated rings. The van der Waals surface area contributed by atoms with E-state index in [9.17, 15) is 24.0 Å². The van der Waals surface area contributed by atoms with Crippen LogP contribution >= 0.6 is 0 Å². The van der Waals surface area contributed by atoms with Crippen LogP contribution in [0.25, 0.3) is 0 Å². The molecule has 0 aromatic heterocycles. The van der Waals surface area contributed by atoms with Crippen LogP contribution in [0.3, 0.4) is 0 Å². The van der Waals surface area contributed by atoms with Crippen LogP contribution in [0.15, 0.2) is 4.99 Å². The van der Waals surface area contributed by atoms with E-state index in [1.807, 2.05) is 13.1 Å². The standard InChI is InChI=1S/C22H45N7O8Si2/c1-14(23)19(33)29-16(12-18(31)32)20(34)27-13-17(30)28-15(8-7-9-26-22(24)25)21(35)36-10-11-39(5,6)37-38(2,3)4/h14-16H,7-13,23H2,1-6H3,(H,27,34)(H,28,30)(H,29,33)(H,31,32)(H4,24,25,26). The number of carbonyl (C=O) groups excluding carboxylic acids is 4. The van der Waals surface area contributed by atoms with Gasteiger partial charge in [-0.2, -0.15) is 0 Å². The normalized spacial score (nSPS) is 13.8. The topological polar surface area (TPSA) is 251 Å². The summed E-state index contributed by atoms with van der Waals surface area (Å²) >= 11 is 0. The summed E-state index contributed by atoms with van der Waals surface area (Å²) < 4.78 is 11.7. The first-order valence-corrected chi connectivity index (χ1v) is 19.1. The molecule has 0 saturated carbocycles. The number of hydrogen-bond donors (Lipinski definition) is 7. The summed E-state index contributed by atoms with van der Waals surface area (Å²) in [6.07, 6.45) is -0.201. The lowest BCUT2D eigenvalue weighted by molar-refractivity contribution is -0.147. The Kier molecular flexibility index (Phi) is 15.5. The zero-order chi connectivity index (χ0) is 30.4. The molecule has 0 aliphatic carbocycles. The molecule has 0 aromatic carbocycles. The molecule has 3 unspecified atom stereocenters. The number of aliphatic imine (C=N–C) groups is 1. The van der Waals surface area contributed by atoms with Crippen molar-refractivity contribution in [1.29, 1.82) is 0 Å². The van der Waals surface area contributed by atoms with E-state index in [1.165, 1.54) is 6.92 Å². The summed E-state index contributed by atoms with van der Waals surface area (Å²) in [5.41, 5.74) is 16.1. The number of amides is 3. The quantitative estimate of drug-likeness (QED) is 0.0319. The summed E-state index contributed by atoms with van der Waals surface area (Å²) in [6, 6.07) is -2.89. The molecule has 0 aliphatic rings. The van der Waals surface area contributed by atoms with Gasteiger partial charge in [-0.15, -0.1) is 0 Å². The van der Waals surface area contributed by atoms with Gasteiger partial charge in [0.05, 0.1) is 25.6 Å². The summed E-state index contributed by atoms with van der Waals surface area (Å²) in [4.78, 5) is 64.5. The van der Waals surface area contributed by atoms with Gasteiger partial charge in [0.25, 0.3) is 0 Å². The number of hydrogen-bond acceptors (Lipinski definition) is 9. The van der Waals surface area contributed by atoms with E-state index in [2.05, 4.69) is 40.6 Å². The molecular weight excluding hydrogens is 546 g/mol. The Morgan fingerprint density at radius 3 is 2.10 bits per heavy atom. The van der Waals surface area contributed by atoms with Gasteiger partial charge in [-0.3, -0.25) is 24.2 Å². The lowest BCUT2D eigenvalue weighted by Crippen LogP contribution is -2.53. The molecular formula is C22H45N7O8Si2. The molecule has 3 amide bonds. The molecule has 15 nitrogen and oxygen atoms in total. The van der Waals surface area contributed by atoms with Crippen LogP contribution in [0.1, 0.15) is 26.2 Å². The van der Waals surface area contributed by atoms with Crippen molar-refractivity contribution >= 4 is 52.3 Å². The number of aliphatic carboxylic acids is 1.